The SMILES string of the molecule is CC(C)(C)C.CCNc1ncc2c(n1)N(C)CCN(c1cccc(C3=CCN(C(=O)C4CC4)CC3)c1)C2=O.[HH]. The van der Waals surface area contributed by atoms with Gasteiger partial charge in [-0.1, -0.05) is 45.9 Å². The molecule has 5 rings (SSSR count). The van der Waals surface area contributed by atoms with Crippen molar-refractivity contribution < 1.29 is 11.0 Å². The number of fused-ring (bicyclic) bond motifs is 1. The fraction of sp³-hybridized carbons (Fsp3) is 0.533. The molecule has 3 aliphatic rings. The average molecular weight is 521 g/mol. The van der Waals surface area contributed by atoms with Gasteiger partial charge in [0.15, 0.2) is 0 Å². The minimum Gasteiger partial charge on any atom is -0.357 e. The summed E-state index contributed by atoms with van der Waals surface area (Å²) in [5.74, 6) is 1.66. The molecular weight excluding hydrogens is 476 g/mol. The Balaban J connectivity index is 0.000000644. The van der Waals surface area contributed by atoms with Gasteiger partial charge in [0, 0.05) is 59.0 Å². The lowest BCUT2D eigenvalue weighted by Gasteiger charge is -2.27. The Morgan fingerprint density at radius 3 is 2.53 bits per heavy atom. The molecule has 0 atom stereocenters. The maximum Gasteiger partial charge on any atom is 0.263 e. The highest BCUT2D eigenvalue weighted by Crippen LogP contribution is 2.33. The van der Waals surface area contributed by atoms with E-state index in [4.69, 9.17) is 0 Å². The maximum atomic E-state index is 13.5. The Bertz CT molecular complexity index is 1200. The lowest BCUT2D eigenvalue weighted by atomic mass is 9.98. The monoisotopic (exact) mass is 520 g/mol. The molecule has 1 aromatic carbocycles. The minimum atomic E-state index is -0.0895. The van der Waals surface area contributed by atoms with Crippen molar-refractivity contribution in [1.82, 2.24) is 14.9 Å². The van der Waals surface area contributed by atoms with Gasteiger partial charge >= 0.3 is 0 Å². The van der Waals surface area contributed by atoms with Crippen molar-refractivity contribution in [2.45, 2.75) is 53.9 Å². The maximum absolute atomic E-state index is 13.5. The highest BCUT2D eigenvalue weighted by Gasteiger charge is 2.34. The number of hydrogen-bond donors (Lipinski definition) is 1. The summed E-state index contributed by atoms with van der Waals surface area (Å²) in [6.07, 6.45) is 6.69. The zero-order valence-corrected chi connectivity index (χ0v) is 23.8. The van der Waals surface area contributed by atoms with E-state index in [-0.39, 0.29) is 13.3 Å². The van der Waals surface area contributed by atoms with E-state index in [1.54, 1.807) is 6.20 Å². The standard InChI is InChI=1S/C25H30N6O2.C5H12.H2/c1-3-26-25-27-16-21-22(28-25)29(2)13-14-31(24(21)33)20-6-4-5-19(15-20)17-9-11-30(12-10-17)23(32)18-7-8-18;1-5(2,3)4;/h4-6,9,15-16,18H,3,7-8,10-14H2,1-2H3,(H,26,27,28);1-4H3;1H. The fourth-order valence-corrected chi connectivity index (χ4v) is 4.50. The quantitative estimate of drug-likeness (QED) is 0.574. The first-order valence-corrected chi connectivity index (χ1v) is 13.8. The van der Waals surface area contributed by atoms with Crippen LogP contribution in [0.25, 0.3) is 5.57 Å². The summed E-state index contributed by atoms with van der Waals surface area (Å²) in [7, 11) is 1.95. The molecule has 8 nitrogen and oxygen atoms in total. The second-order valence-corrected chi connectivity index (χ2v) is 11.9. The van der Waals surface area contributed by atoms with Crippen LogP contribution in [-0.2, 0) is 4.79 Å². The molecule has 0 radical (unpaired) electrons. The van der Waals surface area contributed by atoms with E-state index in [1.165, 1.54) is 5.57 Å². The average Bonchev–Trinajstić information content (AvgIpc) is 3.74. The van der Waals surface area contributed by atoms with E-state index in [9.17, 15) is 9.59 Å². The Labute approximate surface area is 228 Å². The molecule has 2 amide bonds. The Hall–Kier alpha value is -3.42. The summed E-state index contributed by atoms with van der Waals surface area (Å²) in [4.78, 5) is 40.5. The van der Waals surface area contributed by atoms with Gasteiger partial charge in [0.25, 0.3) is 5.91 Å². The zero-order chi connectivity index (χ0) is 27.4. The van der Waals surface area contributed by atoms with Crippen LogP contribution in [0.3, 0.4) is 0 Å². The highest BCUT2D eigenvalue weighted by atomic mass is 16.2. The third kappa shape index (κ3) is 6.91. The first-order valence-electron chi connectivity index (χ1n) is 13.8. The molecule has 1 aliphatic carbocycles. The molecule has 0 spiro atoms. The van der Waals surface area contributed by atoms with Gasteiger partial charge in [-0.05, 0) is 54.9 Å². The predicted octanol–water partition coefficient (Wildman–Crippen LogP) is 5.33. The van der Waals surface area contributed by atoms with Gasteiger partial charge in [-0.25, -0.2) is 4.98 Å². The first-order chi connectivity index (χ1) is 18.0. The van der Waals surface area contributed by atoms with Gasteiger partial charge in [0.05, 0.1) is 0 Å². The number of hydrogen-bond acceptors (Lipinski definition) is 6. The Morgan fingerprint density at radius 1 is 1.16 bits per heavy atom. The molecule has 8 heteroatoms. The third-order valence-electron chi connectivity index (χ3n) is 6.58. The Morgan fingerprint density at radius 2 is 1.89 bits per heavy atom. The normalized spacial score (nSPS) is 17.7. The van der Waals surface area contributed by atoms with Crippen LogP contribution in [0.1, 0.15) is 71.2 Å². The second kappa shape index (κ2) is 11.5. The molecule has 38 heavy (non-hydrogen) atoms. The van der Waals surface area contributed by atoms with Crippen LogP contribution in [-0.4, -0.2) is 66.5 Å². The number of amides is 2. The van der Waals surface area contributed by atoms with E-state index >= 15 is 0 Å². The van der Waals surface area contributed by atoms with Crippen molar-refractivity contribution in [2.75, 3.05) is 54.9 Å². The number of nitrogens with one attached hydrogen (secondary N) is 1. The minimum absolute atomic E-state index is 0. The van der Waals surface area contributed by atoms with E-state index < -0.39 is 0 Å². The van der Waals surface area contributed by atoms with Crippen LogP contribution < -0.4 is 15.1 Å². The van der Waals surface area contributed by atoms with Crippen molar-refractivity contribution in [3.63, 3.8) is 0 Å². The number of nitrogens with zero attached hydrogens (tertiary/aromatic N) is 5. The molecule has 3 heterocycles. The van der Waals surface area contributed by atoms with E-state index in [1.807, 2.05) is 40.8 Å². The molecule has 1 saturated carbocycles. The van der Waals surface area contributed by atoms with E-state index in [0.29, 0.717) is 48.3 Å². The summed E-state index contributed by atoms with van der Waals surface area (Å²) in [5.41, 5.74) is 4.21. The number of anilines is 3. The number of carbonyl (C=O) groups excluding carboxylic acids is 2. The molecule has 2 aromatic rings. The van der Waals surface area contributed by atoms with E-state index in [0.717, 1.165) is 43.6 Å². The van der Waals surface area contributed by atoms with Crippen LogP contribution >= 0.6 is 0 Å². The molecule has 0 bridgehead atoms. The molecule has 1 aromatic heterocycles. The molecule has 0 saturated heterocycles. The lowest BCUT2D eigenvalue weighted by Crippen LogP contribution is -2.35. The van der Waals surface area contributed by atoms with Gasteiger partial charge in [-0.2, -0.15) is 4.98 Å². The highest BCUT2D eigenvalue weighted by molar-refractivity contribution is 6.09. The number of rotatable bonds is 5. The smallest absolute Gasteiger partial charge is 0.263 e. The van der Waals surface area contributed by atoms with Gasteiger partial charge < -0.3 is 20.0 Å². The number of carbonyl (C=O) groups is 2. The van der Waals surface area contributed by atoms with Crippen LogP contribution in [0.15, 0.2) is 36.5 Å². The van der Waals surface area contributed by atoms with Crippen LogP contribution in [0.5, 0.6) is 0 Å². The van der Waals surface area contributed by atoms with Gasteiger partial charge in [0.2, 0.25) is 11.9 Å². The summed E-state index contributed by atoms with van der Waals surface area (Å²) >= 11 is 0. The van der Waals surface area contributed by atoms with Crippen molar-refractivity contribution in [3.8, 4) is 0 Å². The van der Waals surface area contributed by atoms with Gasteiger partial charge in [0.1, 0.15) is 11.4 Å². The second-order valence-electron chi connectivity index (χ2n) is 11.9. The van der Waals surface area contributed by atoms with Gasteiger partial charge in [-0.3, -0.25) is 9.59 Å². The molecule has 206 valence electrons. The molecule has 1 fully saturated rings. The van der Waals surface area contributed by atoms with Crippen molar-refractivity contribution in [1.29, 1.82) is 0 Å². The summed E-state index contributed by atoms with van der Waals surface area (Å²) in [6, 6.07) is 8.15. The third-order valence-corrected chi connectivity index (χ3v) is 6.58. The molecule has 1 N–H and O–H groups in total. The van der Waals surface area contributed by atoms with Gasteiger partial charge in [-0.15, -0.1) is 0 Å². The number of likely N-dealkylation sites (N-methyl/N-ethyl adjacent to an activating group) is 1. The van der Waals surface area contributed by atoms with Crippen molar-refractivity contribution in [3.05, 3.63) is 47.7 Å². The summed E-state index contributed by atoms with van der Waals surface area (Å²) < 4.78 is 0. The largest absolute Gasteiger partial charge is 0.357 e. The molecule has 0 unspecified atom stereocenters. The van der Waals surface area contributed by atoms with Crippen molar-refractivity contribution >= 4 is 34.8 Å². The number of aromatic nitrogens is 2. The topological polar surface area (TPSA) is 81.7 Å². The Kier molecular flexibility index (Phi) is 8.38. The predicted molar refractivity (Wildman–Crippen MR) is 157 cm³/mol. The fourth-order valence-electron chi connectivity index (χ4n) is 4.50. The van der Waals surface area contributed by atoms with Crippen molar-refractivity contribution in [2.24, 2.45) is 11.3 Å². The first kappa shape index (κ1) is 27.6. The molecule has 2 aliphatic heterocycles. The number of benzene rings is 1. The van der Waals surface area contributed by atoms with Crippen LogP contribution in [0.4, 0.5) is 17.5 Å². The lowest BCUT2D eigenvalue weighted by molar-refractivity contribution is -0.132. The van der Waals surface area contributed by atoms with E-state index in [2.05, 4.69) is 61.2 Å². The van der Waals surface area contributed by atoms with Crippen LogP contribution in [0, 0.1) is 11.3 Å². The van der Waals surface area contributed by atoms with Crippen LogP contribution in [0.2, 0.25) is 0 Å². The zero-order valence-electron chi connectivity index (χ0n) is 23.8. The summed E-state index contributed by atoms with van der Waals surface area (Å²) in [6.45, 7) is 14.1. The summed E-state index contributed by atoms with van der Waals surface area (Å²) in [5, 5.41) is 3.12. The molecular formula is C30H44N6O2.